The first-order valence-corrected chi connectivity index (χ1v) is 8.53. The van der Waals surface area contributed by atoms with Crippen LogP contribution in [0.15, 0.2) is 0 Å². The van der Waals surface area contributed by atoms with Gasteiger partial charge in [0.05, 0.1) is 6.61 Å². The highest BCUT2D eigenvalue weighted by atomic mass is 16.5. The van der Waals surface area contributed by atoms with Crippen LogP contribution in [-0.2, 0) is 9.53 Å². The van der Waals surface area contributed by atoms with E-state index in [1.807, 2.05) is 0 Å². The number of carbonyl (C=O) groups is 1. The Labute approximate surface area is 125 Å². The number of esters is 1. The predicted octanol–water partition coefficient (Wildman–Crippen LogP) is 4.61. The molecule has 3 heteroatoms. The average Bonchev–Trinajstić information content (AvgIpc) is 2.43. The summed E-state index contributed by atoms with van der Waals surface area (Å²) in [5.41, 5.74) is 0. The van der Waals surface area contributed by atoms with Crippen molar-refractivity contribution in [3.8, 4) is 0 Å². The van der Waals surface area contributed by atoms with E-state index in [-0.39, 0.29) is 0 Å². The zero-order valence-corrected chi connectivity index (χ0v) is 13.5. The molecular formula is C17H34O3. The molecule has 3 nitrogen and oxygen atoms in total. The van der Waals surface area contributed by atoms with Crippen molar-refractivity contribution in [3.63, 3.8) is 0 Å². The zero-order valence-electron chi connectivity index (χ0n) is 13.5. The second kappa shape index (κ2) is 14.8. The number of carbonyl (C=O) groups excluding carboxylic acids is 1. The van der Waals surface area contributed by atoms with Crippen molar-refractivity contribution in [3.05, 3.63) is 0 Å². The molecule has 0 radical (unpaired) electrons. The SMILES string of the molecule is CCCCCCCCCCCCCCOC(=O)[C@H](C)O. The Balaban J connectivity index is 3.04. The molecule has 0 aliphatic rings. The molecule has 0 aromatic heterocycles. The number of unbranched alkanes of at least 4 members (excludes halogenated alkanes) is 11. The standard InChI is InChI=1S/C17H34O3/c1-3-4-5-6-7-8-9-10-11-12-13-14-15-20-17(19)16(2)18/h16,18H,3-15H2,1-2H3/t16-/m0/s1. The Morgan fingerprint density at radius 3 is 1.65 bits per heavy atom. The maximum atomic E-state index is 11.0. The minimum absolute atomic E-state index is 0.446. The third kappa shape index (κ3) is 13.9. The number of ether oxygens (including phenoxy) is 1. The van der Waals surface area contributed by atoms with Gasteiger partial charge in [0.1, 0.15) is 6.10 Å². The van der Waals surface area contributed by atoms with Gasteiger partial charge in [-0.2, -0.15) is 0 Å². The van der Waals surface area contributed by atoms with E-state index in [9.17, 15) is 4.79 Å². The van der Waals surface area contributed by atoms with Gasteiger partial charge in [-0.25, -0.2) is 4.79 Å². The number of rotatable bonds is 14. The Kier molecular flexibility index (Phi) is 14.4. The van der Waals surface area contributed by atoms with Gasteiger partial charge in [0.25, 0.3) is 0 Å². The van der Waals surface area contributed by atoms with Crippen LogP contribution in [0.1, 0.15) is 90.9 Å². The first-order chi connectivity index (χ1) is 9.68. The van der Waals surface area contributed by atoms with Gasteiger partial charge in [0.15, 0.2) is 0 Å². The van der Waals surface area contributed by atoms with E-state index in [2.05, 4.69) is 6.92 Å². The Hall–Kier alpha value is -0.570. The van der Waals surface area contributed by atoms with Crippen LogP contribution in [0.2, 0.25) is 0 Å². The van der Waals surface area contributed by atoms with Crippen molar-refractivity contribution in [1.82, 2.24) is 0 Å². The third-order valence-electron chi connectivity index (χ3n) is 3.58. The van der Waals surface area contributed by atoms with E-state index < -0.39 is 12.1 Å². The monoisotopic (exact) mass is 286 g/mol. The number of aliphatic hydroxyl groups excluding tert-OH is 1. The van der Waals surface area contributed by atoms with Crippen LogP contribution >= 0.6 is 0 Å². The molecule has 1 atom stereocenters. The topological polar surface area (TPSA) is 46.5 Å². The highest BCUT2D eigenvalue weighted by molar-refractivity contribution is 5.73. The lowest BCUT2D eigenvalue weighted by Crippen LogP contribution is -2.19. The van der Waals surface area contributed by atoms with Crippen molar-refractivity contribution < 1.29 is 14.6 Å². The fourth-order valence-electron chi connectivity index (χ4n) is 2.24. The van der Waals surface area contributed by atoms with Crippen LogP contribution in [-0.4, -0.2) is 23.8 Å². The average molecular weight is 286 g/mol. The second-order valence-electron chi connectivity index (χ2n) is 5.73. The van der Waals surface area contributed by atoms with Gasteiger partial charge in [0, 0.05) is 0 Å². The molecule has 0 fully saturated rings. The Morgan fingerprint density at radius 1 is 0.850 bits per heavy atom. The summed E-state index contributed by atoms with van der Waals surface area (Å²) in [6.45, 7) is 4.14. The summed E-state index contributed by atoms with van der Waals surface area (Å²) in [4.78, 5) is 11.0. The van der Waals surface area contributed by atoms with E-state index in [0.29, 0.717) is 6.61 Å². The van der Waals surface area contributed by atoms with E-state index in [0.717, 1.165) is 12.8 Å². The van der Waals surface area contributed by atoms with Crippen LogP contribution in [0, 0.1) is 0 Å². The van der Waals surface area contributed by atoms with Crippen LogP contribution in [0.3, 0.4) is 0 Å². The molecule has 0 aliphatic heterocycles. The summed E-state index contributed by atoms with van der Waals surface area (Å²) in [7, 11) is 0. The van der Waals surface area contributed by atoms with Gasteiger partial charge in [-0.3, -0.25) is 0 Å². The fourth-order valence-corrected chi connectivity index (χ4v) is 2.24. The molecule has 0 unspecified atom stereocenters. The Morgan fingerprint density at radius 2 is 1.25 bits per heavy atom. The van der Waals surface area contributed by atoms with Gasteiger partial charge < -0.3 is 9.84 Å². The van der Waals surface area contributed by atoms with E-state index >= 15 is 0 Å². The van der Waals surface area contributed by atoms with Gasteiger partial charge >= 0.3 is 5.97 Å². The largest absolute Gasteiger partial charge is 0.464 e. The molecule has 1 N–H and O–H groups in total. The van der Waals surface area contributed by atoms with Gasteiger partial charge in [-0.15, -0.1) is 0 Å². The Bertz CT molecular complexity index is 214. The molecule has 0 aliphatic carbocycles. The molecule has 0 heterocycles. The van der Waals surface area contributed by atoms with Crippen molar-refractivity contribution in [2.45, 2.75) is 97.0 Å². The summed E-state index contributed by atoms with van der Waals surface area (Å²) in [6.07, 6.45) is 14.6. The van der Waals surface area contributed by atoms with E-state index in [1.54, 1.807) is 0 Å². The predicted molar refractivity (Wildman–Crippen MR) is 83.7 cm³/mol. The lowest BCUT2D eigenvalue weighted by molar-refractivity contribution is -0.152. The second-order valence-corrected chi connectivity index (χ2v) is 5.73. The fraction of sp³-hybridized carbons (Fsp3) is 0.941. The van der Waals surface area contributed by atoms with Crippen molar-refractivity contribution in [1.29, 1.82) is 0 Å². The van der Waals surface area contributed by atoms with Gasteiger partial charge in [-0.1, -0.05) is 77.6 Å². The quantitative estimate of drug-likeness (QED) is 0.374. The van der Waals surface area contributed by atoms with E-state index in [1.165, 1.54) is 71.1 Å². The van der Waals surface area contributed by atoms with E-state index in [4.69, 9.17) is 9.84 Å². The first kappa shape index (κ1) is 19.4. The highest BCUT2D eigenvalue weighted by Crippen LogP contribution is 2.11. The van der Waals surface area contributed by atoms with Crippen LogP contribution in [0.4, 0.5) is 0 Å². The molecule has 0 aromatic rings. The van der Waals surface area contributed by atoms with Crippen molar-refractivity contribution >= 4 is 5.97 Å². The number of aliphatic hydroxyl groups is 1. The highest BCUT2D eigenvalue weighted by Gasteiger charge is 2.08. The van der Waals surface area contributed by atoms with Crippen molar-refractivity contribution in [2.75, 3.05) is 6.61 Å². The smallest absolute Gasteiger partial charge is 0.334 e. The molecule has 0 bridgehead atoms. The minimum atomic E-state index is -0.993. The summed E-state index contributed by atoms with van der Waals surface area (Å²) >= 11 is 0. The van der Waals surface area contributed by atoms with Gasteiger partial charge in [-0.05, 0) is 13.3 Å². The normalized spacial score (nSPS) is 12.3. The summed E-state index contributed by atoms with van der Waals surface area (Å²) in [5, 5.41) is 8.94. The first-order valence-electron chi connectivity index (χ1n) is 8.53. The zero-order chi connectivity index (χ0) is 15.1. The van der Waals surface area contributed by atoms with Crippen molar-refractivity contribution in [2.24, 2.45) is 0 Å². The molecule has 120 valence electrons. The summed E-state index contributed by atoms with van der Waals surface area (Å²) in [6, 6.07) is 0. The lowest BCUT2D eigenvalue weighted by atomic mass is 10.1. The lowest BCUT2D eigenvalue weighted by Gasteiger charge is -2.06. The third-order valence-corrected chi connectivity index (χ3v) is 3.58. The number of hydrogen-bond acceptors (Lipinski definition) is 3. The molecule has 20 heavy (non-hydrogen) atoms. The molecule has 0 amide bonds. The molecule has 0 saturated carbocycles. The summed E-state index contributed by atoms with van der Waals surface area (Å²) in [5.74, 6) is -0.506. The summed E-state index contributed by atoms with van der Waals surface area (Å²) < 4.78 is 4.91. The van der Waals surface area contributed by atoms with Crippen LogP contribution in [0.5, 0.6) is 0 Å². The van der Waals surface area contributed by atoms with Crippen LogP contribution < -0.4 is 0 Å². The molecular weight excluding hydrogens is 252 g/mol. The molecule has 0 saturated heterocycles. The minimum Gasteiger partial charge on any atom is -0.464 e. The molecule has 0 spiro atoms. The maximum absolute atomic E-state index is 11.0. The maximum Gasteiger partial charge on any atom is 0.334 e. The molecule has 0 rings (SSSR count). The van der Waals surface area contributed by atoms with Gasteiger partial charge in [0.2, 0.25) is 0 Å². The molecule has 0 aromatic carbocycles. The van der Waals surface area contributed by atoms with Crippen LogP contribution in [0.25, 0.3) is 0 Å². The number of hydrogen-bond donors (Lipinski definition) is 1.